The quantitative estimate of drug-likeness (QED) is 0.0455. The number of oxime groups is 1. The topological polar surface area (TPSA) is 71.7 Å². The standard InChI is InChI=1S/C29H20F26N2O3/c1-17(59-16(58)60-57-15(13-56)14-7-3-2-4-8-14,9-5-11-18(30,31)20(34,35)22(38,39)24(42,43)26(46,47)28(50,51)52)10-6-12-19(32,33)21(36,37)23(40,41)25(44,45)27(48,49)29(53,54)55/h2-4,7-8H,5-6,9-12H2,1H3/b57-15-. The van der Waals surface area contributed by atoms with Crippen molar-refractivity contribution in [3.63, 3.8) is 0 Å². The predicted molar refractivity (Wildman–Crippen MR) is 144 cm³/mol. The van der Waals surface area contributed by atoms with Gasteiger partial charge in [0.05, 0.1) is 0 Å². The Labute approximate surface area is 316 Å². The number of rotatable bonds is 19. The highest BCUT2D eigenvalue weighted by molar-refractivity contribution is 6.11. The van der Waals surface area contributed by atoms with Crippen molar-refractivity contribution in [1.29, 1.82) is 5.26 Å². The highest BCUT2D eigenvalue weighted by atomic mass is 19.4. The lowest BCUT2D eigenvalue weighted by molar-refractivity contribution is -0.440. The molecule has 0 unspecified atom stereocenters. The van der Waals surface area contributed by atoms with Gasteiger partial charge in [-0.15, -0.1) is 0 Å². The van der Waals surface area contributed by atoms with Crippen LogP contribution in [-0.4, -0.2) is 89.0 Å². The number of halogens is 26. The van der Waals surface area contributed by atoms with E-state index in [1.165, 1.54) is 24.3 Å². The normalized spacial score (nSPS) is 15.5. The summed E-state index contributed by atoms with van der Waals surface area (Å²) in [5, 5.41) is 12.1. The molecule has 0 aliphatic carbocycles. The van der Waals surface area contributed by atoms with Crippen LogP contribution in [0.1, 0.15) is 51.0 Å². The van der Waals surface area contributed by atoms with E-state index in [4.69, 9.17) is 5.26 Å². The monoisotopic (exact) mass is 938 g/mol. The SMILES string of the molecule is CC(CCCC(F)(F)C(F)(F)C(F)(F)C(F)(F)C(F)(F)C(F)(F)F)(CCCC(F)(F)C(F)(F)C(F)(F)C(F)(F)C(F)(F)C(F)(F)F)OC(=O)O/N=C(/C#N)c1ccccc1. The van der Waals surface area contributed by atoms with E-state index in [0.717, 1.165) is 12.1 Å². The van der Waals surface area contributed by atoms with Crippen LogP contribution in [0.2, 0.25) is 0 Å². The zero-order valence-corrected chi connectivity index (χ0v) is 28.6. The molecule has 0 saturated carbocycles. The molecule has 0 saturated heterocycles. The van der Waals surface area contributed by atoms with Crippen molar-refractivity contribution >= 4 is 11.9 Å². The molecule has 31 heteroatoms. The van der Waals surface area contributed by atoms with Crippen LogP contribution in [0.3, 0.4) is 0 Å². The van der Waals surface area contributed by atoms with E-state index in [1.54, 1.807) is 0 Å². The Morgan fingerprint density at radius 1 is 0.517 bits per heavy atom. The molecule has 1 rings (SSSR count). The summed E-state index contributed by atoms with van der Waals surface area (Å²) in [6, 6.07) is 7.37. The van der Waals surface area contributed by atoms with Crippen LogP contribution >= 0.6 is 0 Å². The summed E-state index contributed by atoms with van der Waals surface area (Å²) >= 11 is 0. The van der Waals surface area contributed by atoms with Gasteiger partial charge in [0.25, 0.3) is 0 Å². The van der Waals surface area contributed by atoms with Crippen molar-refractivity contribution in [2.75, 3.05) is 0 Å². The first kappa shape index (κ1) is 53.8. The van der Waals surface area contributed by atoms with Gasteiger partial charge in [-0.05, 0) is 32.6 Å². The highest BCUT2D eigenvalue weighted by Crippen LogP contribution is 2.62. The fourth-order valence-electron chi connectivity index (χ4n) is 4.55. The number of hydrogen-bond acceptors (Lipinski definition) is 5. The van der Waals surface area contributed by atoms with Crippen molar-refractivity contribution in [3.05, 3.63) is 35.9 Å². The number of hydrogen-bond donors (Lipinski definition) is 0. The van der Waals surface area contributed by atoms with Gasteiger partial charge >= 0.3 is 77.7 Å². The summed E-state index contributed by atoms with van der Waals surface area (Å²) < 4.78 is 355. The van der Waals surface area contributed by atoms with Crippen LogP contribution < -0.4 is 0 Å². The first-order chi connectivity index (χ1) is 26.3. The predicted octanol–water partition coefficient (Wildman–Crippen LogP) is 12.6. The third-order valence-corrected chi connectivity index (χ3v) is 8.08. The number of nitrogens with zero attached hydrogens (tertiary/aromatic N) is 2. The summed E-state index contributed by atoms with van der Waals surface area (Å²) in [7, 11) is 0. The van der Waals surface area contributed by atoms with Gasteiger partial charge in [0.15, 0.2) is 5.71 Å². The van der Waals surface area contributed by atoms with Crippen molar-refractivity contribution < 1.29 is 129 Å². The second-order valence-electron chi connectivity index (χ2n) is 12.5. The summed E-state index contributed by atoms with van der Waals surface area (Å²) in [4.78, 5) is 16.4. The molecular weight excluding hydrogens is 918 g/mol. The van der Waals surface area contributed by atoms with Gasteiger partial charge in [-0.25, -0.2) is 4.79 Å². The molecule has 0 bridgehead atoms. The molecule has 0 fully saturated rings. The third-order valence-electron chi connectivity index (χ3n) is 8.08. The minimum atomic E-state index is -8.34. The van der Waals surface area contributed by atoms with E-state index in [9.17, 15) is 119 Å². The number of benzene rings is 1. The molecule has 5 nitrogen and oxygen atoms in total. The molecule has 0 amide bonds. The summed E-state index contributed by atoms with van der Waals surface area (Å²) in [5.41, 5.74) is -4.18. The van der Waals surface area contributed by atoms with E-state index in [0.29, 0.717) is 0 Å². The maximum Gasteiger partial charge on any atom is 0.535 e. The zero-order chi connectivity index (χ0) is 47.8. The lowest BCUT2D eigenvalue weighted by Gasteiger charge is -2.40. The van der Waals surface area contributed by atoms with Gasteiger partial charge in [-0.1, -0.05) is 35.5 Å². The Balaban J connectivity index is 3.54. The van der Waals surface area contributed by atoms with Gasteiger partial charge in [0.1, 0.15) is 11.7 Å². The maximum absolute atomic E-state index is 14.4. The van der Waals surface area contributed by atoms with E-state index < -0.39 is 128 Å². The Morgan fingerprint density at radius 2 is 0.833 bits per heavy atom. The van der Waals surface area contributed by atoms with Crippen LogP contribution in [0.4, 0.5) is 119 Å². The van der Waals surface area contributed by atoms with Crippen LogP contribution in [0.15, 0.2) is 35.5 Å². The van der Waals surface area contributed by atoms with E-state index in [1.807, 2.05) is 0 Å². The molecule has 60 heavy (non-hydrogen) atoms. The molecule has 1 aromatic rings. The summed E-state index contributed by atoms with van der Waals surface area (Å²) in [5.74, 6) is -78.9. The fraction of sp³-hybridized carbons (Fsp3) is 0.690. The van der Waals surface area contributed by atoms with Crippen molar-refractivity contribution in [2.45, 2.75) is 123 Å². The smallest absolute Gasteiger partial charge is 0.426 e. The molecule has 0 radical (unpaired) electrons. The van der Waals surface area contributed by atoms with Crippen LogP contribution in [0, 0.1) is 11.3 Å². The molecule has 0 spiro atoms. The van der Waals surface area contributed by atoms with Gasteiger partial charge < -0.3 is 4.74 Å². The zero-order valence-electron chi connectivity index (χ0n) is 28.6. The van der Waals surface area contributed by atoms with Crippen LogP contribution in [-0.2, 0) is 9.57 Å². The molecule has 0 N–H and O–H groups in total. The van der Waals surface area contributed by atoms with Crippen molar-refractivity contribution in [2.24, 2.45) is 5.16 Å². The molecule has 346 valence electrons. The largest absolute Gasteiger partial charge is 0.535 e. The molecule has 1 aromatic carbocycles. The first-order valence-electron chi connectivity index (χ1n) is 15.2. The second kappa shape index (κ2) is 16.6. The molecule has 0 heterocycles. The van der Waals surface area contributed by atoms with E-state index in [-0.39, 0.29) is 12.5 Å². The summed E-state index contributed by atoms with van der Waals surface area (Å²) in [6.45, 7) is 0.215. The lowest BCUT2D eigenvalue weighted by atomic mass is 9.87. The average Bonchev–Trinajstić information content (AvgIpc) is 3.07. The Hall–Kier alpha value is -4.17. The first-order valence-corrected chi connectivity index (χ1v) is 15.2. The molecule has 0 atom stereocenters. The Morgan fingerprint density at radius 3 is 1.13 bits per heavy atom. The summed E-state index contributed by atoms with van der Waals surface area (Å²) in [6.07, 6.45) is -31.8. The van der Waals surface area contributed by atoms with Gasteiger partial charge in [0.2, 0.25) is 0 Å². The maximum atomic E-state index is 14.4. The fourth-order valence-corrected chi connectivity index (χ4v) is 4.55. The third kappa shape index (κ3) is 9.49. The number of alkyl halides is 26. The van der Waals surface area contributed by atoms with Gasteiger partial charge in [-0.2, -0.15) is 119 Å². The molecule has 0 aliphatic heterocycles. The Bertz CT molecular complexity index is 1630. The lowest BCUT2D eigenvalue weighted by Crippen LogP contribution is -2.70. The molecule has 0 aliphatic rings. The number of carbonyl (C=O) groups excluding carboxylic acids is 1. The second-order valence-corrected chi connectivity index (χ2v) is 12.5. The number of ether oxygens (including phenoxy) is 1. The Kier molecular flexibility index (Phi) is 14.9. The molecular formula is C29H20F26N2O3. The van der Waals surface area contributed by atoms with Gasteiger partial charge in [-0.3, -0.25) is 4.84 Å². The van der Waals surface area contributed by atoms with Crippen molar-refractivity contribution in [3.8, 4) is 6.07 Å². The molecule has 0 aromatic heterocycles. The minimum absolute atomic E-state index is 0.173. The number of carbonyl (C=O) groups is 1. The van der Waals surface area contributed by atoms with Crippen molar-refractivity contribution in [1.82, 2.24) is 0 Å². The minimum Gasteiger partial charge on any atom is -0.426 e. The van der Waals surface area contributed by atoms with Gasteiger partial charge in [0, 0.05) is 18.4 Å². The van der Waals surface area contributed by atoms with Crippen LogP contribution in [0.5, 0.6) is 0 Å². The van der Waals surface area contributed by atoms with E-state index >= 15 is 0 Å². The average molecular weight is 938 g/mol. The van der Waals surface area contributed by atoms with Crippen LogP contribution in [0.25, 0.3) is 0 Å². The highest BCUT2D eigenvalue weighted by Gasteiger charge is 2.92. The van der Waals surface area contributed by atoms with E-state index in [2.05, 4.69) is 14.7 Å². The number of nitriles is 1.